The molecule has 0 atom stereocenters. The van der Waals surface area contributed by atoms with E-state index in [4.69, 9.17) is 9.47 Å². The number of aliphatic hydroxyl groups is 1. The van der Waals surface area contributed by atoms with Gasteiger partial charge in [-0.2, -0.15) is 5.10 Å². The lowest BCUT2D eigenvalue weighted by atomic mass is 10.1. The van der Waals surface area contributed by atoms with Crippen molar-refractivity contribution in [3.05, 3.63) is 60.3 Å². The van der Waals surface area contributed by atoms with Crippen molar-refractivity contribution < 1.29 is 19.4 Å². The minimum Gasteiger partial charge on any atom is -0.497 e. The molecule has 7 heteroatoms. The van der Waals surface area contributed by atoms with Crippen LogP contribution >= 0.6 is 0 Å². The van der Waals surface area contributed by atoms with Crippen molar-refractivity contribution in [1.29, 1.82) is 0 Å². The fraction of sp³-hybridized carbons (Fsp3) is 0.333. The lowest BCUT2D eigenvalue weighted by molar-refractivity contribution is 0.0718. The summed E-state index contributed by atoms with van der Waals surface area (Å²) in [4.78, 5) is 15.0. The summed E-state index contributed by atoms with van der Waals surface area (Å²) < 4.78 is 12.8. The second-order valence-electron chi connectivity index (χ2n) is 7.45. The third-order valence-corrected chi connectivity index (χ3v) is 5.40. The Balaban J connectivity index is 1.79. The quantitative estimate of drug-likeness (QED) is 0.631. The smallest absolute Gasteiger partial charge is 0.274 e. The maximum atomic E-state index is 13.2. The average Bonchev–Trinajstić information content (AvgIpc) is 3.28. The Morgan fingerprint density at radius 1 is 1.06 bits per heavy atom. The van der Waals surface area contributed by atoms with Crippen LogP contribution < -0.4 is 9.47 Å². The van der Waals surface area contributed by atoms with Gasteiger partial charge in [0.25, 0.3) is 5.91 Å². The molecule has 31 heavy (non-hydrogen) atoms. The van der Waals surface area contributed by atoms with Gasteiger partial charge in [0.2, 0.25) is 0 Å². The Morgan fingerprint density at radius 2 is 1.81 bits per heavy atom. The largest absolute Gasteiger partial charge is 0.497 e. The normalized spacial score (nSPS) is 13.8. The number of methoxy groups -OCH3 is 1. The number of amides is 1. The van der Waals surface area contributed by atoms with Gasteiger partial charge in [0.05, 0.1) is 25.1 Å². The van der Waals surface area contributed by atoms with Crippen LogP contribution in [0.5, 0.6) is 11.5 Å². The van der Waals surface area contributed by atoms with Gasteiger partial charge >= 0.3 is 0 Å². The average molecular weight is 421 g/mol. The number of carbonyl (C=O) groups is 1. The van der Waals surface area contributed by atoms with E-state index in [1.54, 1.807) is 11.8 Å². The van der Waals surface area contributed by atoms with Gasteiger partial charge in [0.1, 0.15) is 18.1 Å². The van der Waals surface area contributed by atoms with Crippen molar-refractivity contribution in [3.63, 3.8) is 0 Å². The van der Waals surface area contributed by atoms with E-state index in [2.05, 4.69) is 5.10 Å². The van der Waals surface area contributed by atoms with Crippen LogP contribution in [0.15, 0.2) is 54.6 Å². The van der Waals surface area contributed by atoms with Crippen molar-refractivity contribution in [3.8, 4) is 28.4 Å². The fourth-order valence-corrected chi connectivity index (χ4v) is 3.82. The van der Waals surface area contributed by atoms with E-state index in [0.717, 1.165) is 55.0 Å². The molecule has 7 nitrogen and oxygen atoms in total. The van der Waals surface area contributed by atoms with E-state index in [-0.39, 0.29) is 19.1 Å². The second kappa shape index (κ2) is 9.66. The van der Waals surface area contributed by atoms with Gasteiger partial charge in [-0.15, -0.1) is 0 Å². The molecule has 162 valence electrons. The zero-order chi connectivity index (χ0) is 21.6. The predicted molar refractivity (Wildman–Crippen MR) is 118 cm³/mol. The van der Waals surface area contributed by atoms with Gasteiger partial charge < -0.3 is 19.5 Å². The summed E-state index contributed by atoms with van der Waals surface area (Å²) in [6.07, 6.45) is 3.20. The summed E-state index contributed by atoms with van der Waals surface area (Å²) in [5.41, 5.74) is 2.77. The number of nitrogens with zero attached hydrogens (tertiary/aromatic N) is 3. The number of ether oxygens (including phenoxy) is 2. The molecular formula is C24H27N3O4. The first-order valence-corrected chi connectivity index (χ1v) is 10.6. The molecule has 0 radical (unpaired) electrons. The van der Waals surface area contributed by atoms with Crippen LogP contribution in [-0.2, 0) is 0 Å². The van der Waals surface area contributed by atoms with E-state index < -0.39 is 0 Å². The predicted octanol–water partition coefficient (Wildman–Crippen LogP) is 3.55. The van der Waals surface area contributed by atoms with Crippen LogP contribution in [0.25, 0.3) is 16.9 Å². The molecule has 0 spiro atoms. The van der Waals surface area contributed by atoms with E-state index in [0.29, 0.717) is 11.4 Å². The van der Waals surface area contributed by atoms with E-state index in [1.807, 2.05) is 59.5 Å². The second-order valence-corrected chi connectivity index (χ2v) is 7.45. The molecule has 1 aromatic heterocycles. The molecular weight excluding hydrogens is 394 g/mol. The molecule has 3 aromatic rings. The highest BCUT2D eigenvalue weighted by Gasteiger charge is 2.24. The number of hydrogen-bond donors (Lipinski definition) is 1. The highest BCUT2D eigenvalue weighted by atomic mass is 16.5. The highest BCUT2D eigenvalue weighted by molar-refractivity contribution is 5.94. The van der Waals surface area contributed by atoms with Gasteiger partial charge in [0, 0.05) is 18.7 Å². The standard InChI is InChI=1S/C24H27N3O4/c1-30-19-11-9-18(10-12-19)27-22(20-7-3-4-8-23(20)31-16-15-28)17-21(25-27)24(29)26-13-5-2-6-14-26/h3-4,7-12,17,28H,2,5-6,13-16H2,1H3. The summed E-state index contributed by atoms with van der Waals surface area (Å²) in [6, 6.07) is 16.9. The number of aromatic nitrogens is 2. The maximum Gasteiger partial charge on any atom is 0.274 e. The number of benzene rings is 2. The molecule has 1 saturated heterocycles. The number of para-hydroxylation sites is 1. The molecule has 0 bridgehead atoms. The van der Waals surface area contributed by atoms with Gasteiger partial charge in [-0.05, 0) is 61.7 Å². The number of rotatable bonds is 7. The number of aliphatic hydroxyl groups excluding tert-OH is 1. The molecule has 0 saturated carbocycles. The number of likely N-dealkylation sites (tertiary alicyclic amines) is 1. The number of hydrogen-bond acceptors (Lipinski definition) is 5. The first kappa shape index (κ1) is 20.9. The molecule has 1 N–H and O–H groups in total. The van der Waals surface area contributed by atoms with Gasteiger partial charge in [-0.25, -0.2) is 4.68 Å². The fourth-order valence-electron chi connectivity index (χ4n) is 3.82. The summed E-state index contributed by atoms with van der Waals surface area (Å²) in [6.45, 7) is 1.64. The van der Waals surface area contributed by atoms with Crippen LogP contribution in [0.4, 0.5) is 0 Å². The Bertz CT molecular complexity index is 1020. The molecule has 2 heterocycles. The monoisotopic (exact) mass is 421 g/mol. The Morgan fingerprint density at radius 3 is 2.52 bits per heavy atom. The third kappa shape index (κ3) is 4.56. The topological polar surface area (TPSA) is 76.8 Å². The Hall–Kier alpha value is -3.32. The first-order chi connectivity index (χ1) is 15.2. The van der Waals surface area contributed by atoms with Crippen LogP contribution in [0.1, 0.15) is 29.8 Å². The Kier molecular flexibility index (Phi) is 6.52. The van der Waals surface area contributed by atoms with Gasteiger partial charge in [-0.3, -0.25) is 4.79 Å². The van der Waals surface area contributed by atoms with Crippen LogP contribution in [-0.4, -0.2) is 59.1 Å². The van der Waals surface area contributed by atoms with Gasteiger partial charge in [0.15, 0.2) is 5.69 Å². The molecule has 2 aromatic carbocycles. The summed E-state index contributed by atoms with van der Waals surface area (Å²) >= 11 is 0. The van der Waals surface area contributed by atoms with Crippen molar-refractivity contribution >= 4 is 5.91 Å². The molecule has 0 unspecified atom stereocenters. The zero-order valence-corrected chi connectivity index (χ0v) is 17.7. The molecule has 1 aliphatic rings. The lowest BCUT2D eigenvalue weighted by Gasteiger charge is -2.25. The van der Waals surface area contributed by atoms with Crippen molar-refractivity contribution in [2.45, 2.75) is 19.3 Å². The van der Waals surface area contributed by atoms with Crippen LogP contribution in [0.2, 0.25) is 0 Å². The molecule has 1 aliphatic heterocycles. The molecule has 1 amide bonds. The third-order valence-electron chi connectivity index (χ3n) is 5.40. The molecule has 4 rings (SSSR count). The zero-order valence-electron chi connectivity index (χ0n) is 17.7. The highest BCUT2D eigenvalue weighted by Crippen LogP contribution is 2.33. The van der Waals surface area contributed by atoms with Crippen molar-refractivity contribution in [2.24, 2.45) is 0 Å². The van der Waals surface area contributed by atoms with Crippen molar-refractivity contribution in [2.75, 3.05) is 33.4 Å². The van der Waals surface area contributed by atoms with Crippen LogP contribution in [0.3, 0.4) is 0 Å². The minimum absolute atomic E-state index is 0.0537. The van der Waals surface area contributed by atoms with Gasteiger partial charge in [-0.1, -0.05) is 12.1 Å². The first-order valence-electron chi connectivity index (χ1n) is 10.6. The van der Waals surface area contributed by atoms with E-state index in [1.165, 1.54) is 0 Å². The molecule has 1 fully saturated rings. The lowest BCUT2D eigenvalue weighted by Crippen LogP contribution is -2.35. The summed E-state index contributed by atoms with van der Waals surface area (Å²) in [5.74, 6) is 1.32. The number of carbonyl (C=O) groups excluding carboxylic acids is 1. The minimum atomic E-state index is -0.0786. The van der Waals surface area contributed by atoms with E-state index in [9.17, 15) is 9.90 Å². The van der Waals surface area contributed by atoms with E-state index >= 15 is 0 Å². The van der Waals surface area contributed by atoms with Crippen molar-refractivity contribution in [1.82, 2.24) is 14.7 Å². The molecule has 0 aliphatic carbocycles. The number of piperidine rings is 1. The summed E-state index contributed by atoms with van der Waals surface area (Å²) in [5, 5.41) is 13.9. The maximum absolute atomic E-state index is 13.2. The Labute approximate surface area is 181 Å². The van der Waals surface area contributed by atoms with Crippen LogP contribution in [0, 0.1) is 0 Å². The summed E-state index contributed by atoms with van der Waals surface area (Å²) in [7, 11) is 1.62. The SMILES string of the molecule is COc1ccc(-n2nc(C(=O)N3CCCCC3)cc2-c2ccccc2OCCO)cc1.